The summed E-state index contributed by atoms with van der Waals surface area (Å²) < 4.78 is 0. The Morgan fingerprint density at radius 1 is 1.09 bits per heavy atom. The lowest BCUT2D eigenvalue weighted by Crippen LogP contribution is -2.45. The second-order valence-corrected chi connectivity index (χ2v) is 9.66. The van der Waals surface area contributed by atoms with Crippen LogP contribution in [0.25, 0.3) is 10.9 Å². The molecule has 2 aliphatic heterocycles. The van der Waals surface area contributed by atoms with E-state index in [0.717, 1.165) is 64.2 Å². The van der Waals surface area contributed by atoms with E-state index < -0.39 is 0 Å². The van der Waals surface area contributed by atoms with Gasteiger partial charge in [0, 0.05) is 55.4 Å². The number of fused-ring (bicyclic) bond motifs is 1. The van der Waals surface area contributed by atoms with E-state index in [1.54, 1.807) is 0 Å². The van der Waals surface area contributed by atoms with Crippen LogP contribution in [-0.4, -0.2) is 58.9 Å². The lowest BCUT2D eigenvalue weighted by molar-refractivity contribution is -0.138. The Balaban J connectivity index is 1.14. The molecule has 6 nitrogen and oxygen atoms in total. The third-order valence-electron chi connectivity index (χ3n) is 7.58. The van der Waals surface area contributed by atoms with Crippen LogP contribution in [0.2, 0.25) is 0 Å². The van der Waals surface area contributed by atoms with E-state index in [0.29, 0.717) is 11.8 Å². The molecule has 2 fully saturated rings. The summed E-state index contributed by atoms with van der Waals surface area (Å²) in [6, 6.07) is 12.8. The van der Waals surface area contributed by atoms with Crippen molar-refractivity contribution in [3.8, 4) is 0 Å². The average Bonchev–Trinajstić information content (AvgIpc) is 3.20. The van der Waals surface area contributed by atoms with Crippen LogP contribution in [-0.2, 0) is 11.3 Å². The molecule has 0 radical (unpaired) electrons. The minimum Gasteiger partial charge on any atom is -0.373 e. The number of hydrogen-bond donors (Lipinski definition) is 2. The molecule has 33 heavy (non-hydrogen) atoms. The van der Waals surface area contributed by atoms with Gasteiger partial charge in [-0.25, -0.2) is 4.98 Å². The van der Waals surface area contributed by atoms with Crippen molar-refractivity contribution in [2.24, 2.45) is 5.92 Å². The monoisotopic (exact) mass is 445 g/mol. The largest absolute Gasteiger partial charge is 0.373 e. The van der Waals surface area contributed by atoms with Crippen molar-refractivity contribution in [1.29, 1.82) is 0 Å². The molecule has 2 aliphatic rings. The number of aryl methyl sites for hydroxylation is 1. The molecule has 2 aromatic heterocycles. The Labute approximate surface area is 196 Å². The standard InChI is InChI=1S/C27H35N5O/c1-19-26(23-5-3-4-6-24(23)30-19)21-10-15-32(16-11-21)27(33)22-8-13-31(14-9-22)18-20-7-12-29-25(17-20)28-2/h3-7,12,17,21-22,30H,8-11,13-16,18H2,1-2H3,(H,28,29). The number of nitrogens with one attached hydrogen (secondary N) is 2. The fraction of sp³-hybridized carbons (Fsp3) is 0.481. The van der Waals surface area contributed by atoms with Crippen LogP contribution in [0, 0.1) is 12.8 Å². The number of amides is 1. The van der Waals surface area contributed by atoms with Crippen molar-refractivity contribution in [2.75, 3.05) is 38.5 Å². The van der Waals surface area contributed by atoms with Crippen LogP contribution in [0.15, 0.2) is 42.6 Å². The topological polar surface area (TPSA) is 64.3 Å². The third kappa shape index (κ3) is 4.62. The molecular weight excluding hydrogens is 410 g/mol. The van der Waals surface area contributed by atoms with Crippen molar-refractivity contribution in [1.82, 2.24) is 19.8 Å². The number of para-hydroxylation sites is 1. The van der Waals surface area contributed by atoms with Crippen LogP contribution in [0.1, 0.15) is 48.4 Å². The zero-order valence-corrected chi connectivity index (χ0v) is 19.8. The summed E-state index contributed by atoms with van der Waals surface area (Å²) in [5.74, 6) is 2.00. The zero-order chi connectivity index (χ0) is 22.8. The normalized spacial score (nSPS) is 18.7. The van der Waals surface area contributed by atoms with Gasteiger partial charge in [0.25, 0.3) is 0 Å². The van der Waals surface area contributed by atoms with Gasteiger partial charge in [-0.05, 0) is 80.9 Å². The highest BCUT2D eigenvalue weighted by atomic mass is 16.2. The van der Waals surface area contributed by atoms with Crippen molar-refractivity contribution in [2.45, 2.75) is 45.1 Å². The summed E-state index contributed by atoms with van der Waals surface area (Å²) >= 11 is 0. The zero-order valence-electron chi connectivity index (χ0n) is 19.8. The van der Waals surface area contributed by atoms with Gasteiger partial charge in [-0.15, -0.1) is 0 Å². The molecule has 0 saturated carbocycles. The number of piperidine rings is 2. The predicted molar refractivity (Wildman–Crippen MR) is 133 cm³/mol. The molecule has 0 spiro atoms. The SMILES string of the molecule is CNc1cc(CN2CCC(C(=O)N3CCC(c4c(C)[nH]c5ccccc45)CC3)CC2)ccn1. The molecule has 0 atom stereocenters. The number of rotatable bonds is 5. The number of H-pyrrole nitrogens is 1. The number of benzene rings is 1. The van der Waals surface area contributed by atoms with Crippen LogP contribution in [0.3, 0.4) is 0 Å². The molecule has 5 rings (SSSR count). The maximum atomic E-state index is 13.3. The highest BCUT2D eigenvalue weighted by Gasteiger charge is 2.32. The molecular formula is C27H35N5O. The second kappa shape index (κ2) is 9.56. The van der Waals surface area contributed by atoms with Gasteiger partial charge in [-0.2, -0.15) is 0 Å². The van der Waals surface area contributed by atoms with Gasteiger partial charge in [0.15, 0.2) is 0 Å². The van der Waals surface area contributed by atoms with E-state index in [1.807, 2.05) is 13.2 Å². The van der Waals surface area contributed by atoms with Gasteiger partial charge in [-0.1, -0.05) is 18.2 Å². The Morgan fingerprint density at radius 3 is 2.61 bits per heavy atom. The van der Waals surface area contributed by atoms with Gasteiger partial charge >= 0.3 is 0 Å². The molecule has 4 heterocycles. The number of aromatic nitrogens is 2. The van der Waals surface area contributed by atoms with E-state index >= 15 is 0 Å². The Morgan fingerprint density at radius 2 is 1.85 bits per heavy atom. The number of hydrogen-bond acceptors (Lipinski definition) is 4. The van der Waals surface area contributed by atoms with Crippen molar-refractivity contribution in [3.05, 3.63) is 59.4 Å². The van der Waals surface area contributed by atoms with Crippen LogP contribution in [0.4, 0.5) is 5.82 Å². The molecule has 0 unspecified atom stereocenters. The number of carbonyl (C=O) groups excluding carboxylic acids is 1. The van der Waals surface area contributed by atoms with Crippen molar-refractivity contribution in [3.63, 3.8) is 0 Å². The minimum atomic E-state index is 0.179. The number of nitrogens with zero attached hydrogens (tertiary/aromatic N) is 3. The van der Waals surface area contributed by atoms with E-state index in [9.17, 15) is 4.79 Å². The average molecular weight is 446 g/mol. The lowest BCUT2D eigenvalue weighted by atomic mass is 9.86. The fourth-order valence-electron chi connectivity index (χ4n) is 5.78. The van der Waals surface area contributed by atoms with Gasteiger partial charge in [0.1, 0.15) is 5.82 Å². The van der Waals surface area contributed by atoms with E-state index in [1.165, 1.54) is 27.7 Å². The Hall–Kier alpha value is -2.86. The van der Waals surface area contributed by atoms with Crippen molar-refractivity contribution >= 4 is 22.6 Å². The number of aromatic amines is 1. The summed E-state index contributed by atoms with van der Waals surface area (Å²) in [5, 5.41) is 4.46. The maximum absolute atomic E-state index is 13.3. The first-order valence-electron chi connectivity index (χ1n) is 12.3. The van der Waals surface area contributed by atoms with Gasteiger partial charge in [0.05, 0.1) is 0 Å². The number of likely N-dealkylation sites (tertiary alicyclic amines) is 2. The lowest BCUT2D eigenvalue weighted by Gasteiger charge is -2.37. The second-order valence-electron chi connectivity index (χ2n) is 9.66. The molecule has 1 amide bonds. The quantitative estimate of drug-likeness (QED) is 0.606. The summed E-state index contributed by atoms with van der Waals surface area (Å²) in [5.41, 5.74) is 5.24. The van der Waals surface area contributed by atoms with E-state index in [4.69, 9.17) is 0 Å². The third-order valence-corrected chi connectivity index (χ3v) is 7.58. The van der Waals surface area contributed by atoms with Crippen LogP contribution in [0.5, 0.6) is 0 Å². The molecule has 6 heteroatoms. The first-order valence-corrected chi connectivity index (χ1v) is 12.3. The van der Waals surface area contributed by atoms with Gasteiger partial charge in [0.2, 0.25) is 5.91 Å². The molecule has 1 aromatic carbocycles. The molecule has 0 aliphatic carbocycles. The first kappa shape index (κ1) is 22.0. The van der Waals surface area contributed by atoms with Crippen LogP contribution < -0.4 is 5.32 Å². The summed E-state index contributed by atoms with van der Waals surface area (Å²) in [6.07, 6.45) is 5.90. The predicted octanol–water partition coefficient (Wildman–Crippen LogP) is 4.53. The maximum Gasteiger partial charge on any atom is 0.225 e. The Bertz CT molecular complexity index is 1110. The van der Waals surface area contributed by atoms with E-state index in [-0.39, 0.29) is 5.92 Å². The summed E-state index contributed by atoms with van der Waals surface area (Å²) in [4.78, 5) is 25.7. The molecule has 2 N–H and O–H groups in total. The molecule has 3 aromatic rings. The minimum absolute atomic E-state index is 0.179. The van der Waals surface area contributed by atoms with E-state index in [2.05, 4.69) is 68.4 Å². The highest BCUT2D eigenvalue weighted by molar-refractivity contribution is 5.85. The number of anilines is 1. The fourth-order valence-corrected chi connectivity index (χ4v) is 5.78. The first-order chi connectivity index (χ1) is 16.1. The Kier molecular flexibility index (Phi) is 6.36. The molecule has 174 valence electrons. The summed E-state index contributed by atoms with van der Waals surface area (Å²) in [7, 11) is 1.90. The number of carbonyl (C=O) groups is 1. The smallest absolute Gasteiger partial charge is 0.225 e. The molecule has 2 saturated heterocycles. The number of pyridine rings is 1. The van der Waals surface area contributed by atoms with Crippen molar-refractivity contribution < 1.29 is 4.79 Å². The van der Waals surface area contributed by atoms with Gasteiger partial charge < -0.3 is 15.2 Å². The highest BCUT2D eigenvalue weighted by Crippen LogP contribution is 2.36. The molecule has 0 bridgehead atoms. The van der Waals surface area contributed by atoms with Crippen LogP contribution >= 0.6 is 0 Å². The van der Waals surface area contributed by atoms with Gasteiger partial charge in [-0.3, -0.25) is 9.69 Å². The summed E-state index contributed by atoms with van der Waals surface area (Å²) in [6.45, 7) is 6.84.